The number of hydrogen-bond donors (Lipinski definition) is 3. The molecule has 1 amide bonds. The van der Waals surface area contributed by atoms with E-state index in [0.29, 0.717) is 12.5 Å². The number of carbonyl (C=O) groups is 1. The number of guanidine groups is 1. The zero-order valence-corrected chi connectivity index (χ0v) is 17.2. The molecule has 0 saturated carbocycles. The lowest BCUT2D eigenvalue weighted by atomic mass is 10.0. The molecular weight excluding hydrogens is 336 g/mol. The van der Waals surface area contributed by atoms with Crippen LogP contribution in [0, 0.1) is 12.8 Å². The van der Waals surface area contributed by atoms with Gasteiger partial charge in [0.2, 0.25) is 0 Å². The second kappa shape index (κ2) is 9.65. The Kier molecular flexibility index (Phi) is 8.22. The fourth-order valence-corrected chi connectivity index (χ4v) is 2.92. The molecule has 1 atom stereocenters. The molecule has 6 nitrogen and oxygen atoms in total. The number of hydrogen-bond acceptors (Lipinski definition) is 4. The van der Waals surface area contributed by atoms with Crippen LogP contribution in [0.15, 0.2) is 17.1 Å². The van der Waals surface area contributed by atoms with Gasteiger partial charge in [-0.05, 0) is 45.7 Å². The summed E-state index contributed by atoms with van der Waals surface area (Å²) in [7, 11) is 1.74. The Morgan fingerprint density at radius 3 is 2.44 bits per heavy atom. The molecule has 1 aromatic rings. The highest BCUT2D eigenvalue weighted by molar-refractivity contribution is 7.11. The standard InChI is InChI=1S/C18H32N4O2S/c1-12(2)15(22-17(23)24-18(4,5)6)11-21-16(19-7)20-10-14-9-8-13(3)25-14/h8-9,12,15H,10-11H2,1-7H3,(H,22,23)(H2,19,20,21). The number of thiophene rings is 1. The Morgan fingerprint density at radius 1 is 1.28 bits per heavy atom. The van der Waals surface area contributed by atoms with E-state index < -0.39 is 11.7 Å². The van der Waals surface area contributed by atoms with E-state index in [2.05, 4.69) is 53.8 Å². The van der Waals surface area contributed by atoms with Crippen molar-refractivity contribution in [2.45, 2.75) is 59.7 Å². The molecule has 142 valence electrons. The quantitative estimate of drug-likeness (QED) is 0.532. The molecular formula is C18H32N4O2S. The van der Waals surface area contributed by atoms with Crippen LogP contribution in [-0.4, -0.2) is 37.3 Å². The van der Waals surface area contributed by atoms with Gasteiger partial charge in [-0.25, -0.2) is 4.79 Å². The first-order valence-corrected chi connectivity index (χ1v) is 9.41. The molecule has 1 unspecified atom stereocenters. The molecule has 0 aliphatic rings. The highest BCUT2D eigenvalue weighted by Gasteiger charge is 2.21. The van der Waals surface area contributed by atoms with Gasteiger partial charge >= 0.3 is 6.09 Å². The molecule has 0 spiro atoms. The molecule has 3 N–H and O–H groups in total. The third kappa shape index (κ3) is 8.77. The predicted molar refractivity (Wildman–Crippen MR) is 105 cm³/mol. The first kappa shape index (κ1) is 21.3. The van der Waals surface area contributed by atoms with Crippen LogP contribution in [0.3, 0.4) is 0 Å². The average Bonchev–Trinajstić information content (AvgIpc) is 2.89. The minimum Gasteiger partial charge on any atom is -0.444 e. The van der Waals surface area contributed by atoms with E-state index >= 15 is 0 Å². The summed E-state index contributed by atoms with van der Waals surface area (Å²) in [5, 5.41) is 9.48. The number of aryl methyl sites for hydroxylation is 1. The van der Waals surface area contributed by atoms with E-state index in [1.807, 2.05) is 20.8 Å². The molecule has 1 heterocycles. The lowest BCUT2D eigenvalue weighted by Crippen LogP contribution is -2.50. The van der Waals surface area contributed by atoms with Crippen molar-refractivity contribution >= 4 is 23.4 Å². The third-order valence-electron chi connectivity index (χ3n) is 3.45. The van der Waals surface area contributed by atoms with Crippen LogP contribution in [0.5, 0.6) is 0 Å². The number of nitrogens with zero attached hydrogens (tertiary/aromatic N) is 1. The number of alkyl carbamates (subject to hydrolysis) is 1. The first-order valence-electron chi connectivity index (χ1n) is 8.60. The van der Waals surface area contributed by atoms with Crippen molar-refractivity contribution < 1.29 is 9.53 Å². The van der Waals surface area contributed by atoms with Gasteiger partial charge < -0.3 is 20.7 Å². The van der Waals surface area contributed by atoms with E-state index in [9.17, 15) is 4.79 Å². The predicted octanol–water partition coefficient (Wildman–Crippen LogP) is 3.27. The minimum absolute atomic E-state index is 0.0580. The lowest BCUT2D eigenvalue weighted by molar-refractivity contribution is 0.0491. The Morgan fingerprint density at radius 2 is 1.96 bits per heavy atom. The van der Waals surface area contributed by atoms with E-state index in [1.54, 1.807) is 18.4 Å². The van der Waals surface area contributed by atoms with Gasteiger partial charge in [0.25, 0.3) is 0 Å². The Labute approximate surface area is 155 Å². The maximum atomic E-state index is 12.0. The van der Waals surface area contributed by atoms with Crippen LogP contribution < -0.4 is 16.0 Å². The molecule has 1 aromatic heterocycles. The number of amides is 1. The summed E-state index contributed by atoms with van der Waals surface area (Å²) in [5.74, 6) is 0.973. The monoisotopic (exact) mass is 368 g/mol. The summed E-state index contributed by atoms with van der Waals surface area (Å²) in [5.41, 5.74) is -0.504. The second-order valence-electron chi connectivity index (χ2n) is 7.32. The summed E-state index contributed by atoms with van der Waals surface area (Å²) >= 11 is 1.76. The summed E-state index contributed by atoms with van der Waals surface area (Å²) in [6.07, 6.45) is -0.398. The first-order chi connectivity index (χ1) is 11.6. The van der Waals surface area contributed by atoms with Crippen LogP contribution in [0.4, 0.5) is 4.79 Å². The van der Waals surface area contributed by atoms with Crippen molar-refractivity contribution in [1.82, 2.24) is 16.0 Å². The maximum Gasteiger partial charge on any atom is 0.407 e. The van der Waals surface area contributed by atoms with Crippen LogP contribution in [0.25, 0.3) is 0 Å². The largest absolute Gasteiger partial charge is 0.444 e. The molecule has 0 saturated heterocycles. The fourth-order valence-electron chi connectivity index (χ4n) is 2.09. The molecule has 0 aromatic carbocycles. The molecule has 25 heavy (non-hydrogen) atoms. The molecule has 0 bridgehead atoms. The lowest BCUT2D eigenvalue weighted by Gasteiger charge is -2.26. The zero-order valence-electron chi connectivity index (χ0n) is 16.4. The van der Waals surface area contributed by atoms with Crippen LogP contribution in [0.1, 0.15) is 44.4 Å². The van der Waals surface area contributed by atoms with Gasteiger partial charge in [0.15, 0.2) is 5.96 Å². The molecule has 7 heteroatoms. The van der Waals surface area contributed by atoms with Gasteiger partial charge in [-0.15, -0.1) is 11.3 Å². The summed E-state index contributed by atoms with van der Waals surface area (Å²) in [4.78, 5) is 18.8. The molecule has 0 radical (unpaired) electrons. The van der Waals surface area contributed by atoms with Crippen molar-refractivity contribution in [3.05, 3.63) is 21.9 Å². The number of nitrogens with one attached hydrogen (secondary N) is 3. The van der Waals surface area contributed by atoms with Crippen LogP contribution >= 0.6 is 11.3 Å². The van der Waals surface area contributed by atoms with Crippen molar-refractivity contribution in [3.8, 4) is 0 Å². The van der Waals surface area contributed by atoms with Gasteiger partial charge in [0.1, 0.15) is 5.60 Å². The fraction of sp³-hybridized carbons (Fsp3) is 0.667. The summed E-state index contributed by atoms with van der Waals surface area (Å²) < 4.78 is 5.34. The molecule has 0 aliphatic carbocycles. The summed E-state index contributed by atoms with van der Waals surface area (Å²) in [6.45, 7) is 13.1. The van der Waals surface area contributed by atoms with E-state index in [4.69, 9.17) is 4.74 Å². The highest BCUT2D eigenvalue weighted by Crippen LogP contribution is 2.14. The van der Waals surface area contributed by atoms with Gasteiger partial charge in [0.05, 0.1) is 12.6 Å². The van der Waals surface area contributed by atoms with E-state index in [-0.39, 0.29) is 12.0 Å². The number of carbonyl (C=O) groups excluding carboxylic acids is 1. The Balaban J connectivity index is 2.49. The minimum atomic E-state index is -0.504. The Hall–Kier alpha value is -1.76. The van der Waals surface area contributed by atoms with Crippen LogP contribution in [0.2, 0.25) is 0 Å². The van der Waals surface area contributed by atoms with Gasteiger partial charge in [-0.1, -0.05) is 13.8 Å². The van der Waals surface area contributed by atoms with E-state index in [0.717, 1.165) is 6.54 Å². The number of ether oxygens (including phenoxy) is 1. The van der Waals surface area contributed by atoms with Crippen LogP contribution in [-0.2, 0) is 11.3 Å². The normalized spacial score (nSPS) is 13.5. The van der Waals surface area contributed by atoms with E-state index in [1.165, 1.54) is 9.75 Å². The van der Waals surface area contributed by atoms with Crippen molar-refractivity contribution in [1.29, 1.82) is 0 Å². The molecule has 1 rings (SSSR count). The highest BCUT2D eigenvalue weighted by atomic mass is 32.1. The van der Waals surface area contributed by atoms with Gasteiger partial charge in [-0.2, -0.15) is 0 Å². The molecule has 0 aliphatic heterocycles. The second-order valence-corrected chi connectivity index (χ2v) is 8.69. The number of rotatable bonds is 6. The smallest absolute Gasteiger partial charge is 0.407 e. The Bertz CT molecular complexity index is 576. The van der Waals surface area contributed by atoms with Gasteiger partial charge in [-0.3, -0.25) is 4.99 Å². The van der Waals surface area contributed by atoms with Crippen molar-refractivity contribution in [2.75, 3.05) is 13.6 Å². The summed E-state index contributed by atoms with van der Waals surface area (Å²) in [6, 6.07) is 4.16. The molecule has 0 fully saturated rings. The topological polar surface area (TPSA) is 74.8 Å². The number of aliphatic imine (C=N–C) groups is 1. The third-order valence-corrected chi connectivity index (χ3v) is 4.45. The van der Waals surface area contributed by atoms with Crippen molar-refractivity contribution in [2.24, 2.45) is 10.9 Å². The van der Waals surface area contributed by atoms with Crippen molar-refractivity contribution in [3.63, 3.8) is 0 Å². The zero-order chi connectivity index (χ0) is 19.0. The average molecular weight is 369 g/mol. The van der Waals surface area contributed by atoms with Gasteiger partial charge in [0, 0.05) is 23.3 Å². The maximum absolute atomic E-state index is 12.0. The SMILES string of the molecule is CN=C(NCc1ccc(C)s1)NCC(NC(=O)OC(C)(C)C)C(C)C.